The molecule has 5 nitrogen and oxygen atoms in total. The van der Waals surface area contributed by atoms with Gasteiger partial charge in [-0.15, -0.1) is 0 Å². The first-order valence-electron chi connectivity index (χ1n) is 7.01. The zero-order valence-electron chi connectivity index (χ0n) is 11.5. The molecule has 106 valence electrons. The third-order valence-electron chi connectivity index (χ3n) is 3.97. The van der Waals surface area contributed by atoms with Gasteiger partial charge < -0.3 is 0 Å². The summed E-state index contributed by atoms with van der Waals surface area (Å²) in [6.07, 6.45) is 3.17. The molecule has 0 saturated carbocycles. The highest BCUT2D eigenvalue weighted by Crippen LogP contribution is 2.18. The van der Waals surface area contributed by atoms with Crippen LogP contribution in [0.2, 0.25) is 0 Å². The van der Waals surface area contributed by atoms with Crippen molar-refractivity contribution in [1.29, 1.82) is 0 Å². The second-order valence-electron chi connectivity index (χ2n) is 5.50. The first-order valence-corrected chi connectivity index (χ1v) is 8.41. The molecule has 6 heteroatoms. The van der Waals surface area contributed by atoms with Crippen molar-refractivity contribution in [3.05, 3.63) is 0 Å². The van der Waals surface area contributed by atoms with Gasteiger partial charge in [0, 0.05) is 45.3 Å². The van der Waals surface area contributed by atoms with Gasteiger partial charge in [0.05, 0.1) is 0 Å². The average Bonchev–Trinajstić information content (AvgIpc) is 2.40. The van der Waals surface area contributed by atoms with E-state index in [4.69, 9.17) is 0 Å². The van der Waals surface area contributed by atoms with E-state index in [0.717, 1.165) is 32.4 Å². The summed E-state index contributed by atoms with van der Waals surface area (Å²) in [6, 6.07) is 0.504. The molecule has 2 saturated heterocycles. The minimum absolute atomic E-state index is 0.504. The van der Waals surface area contributed by atoms with Crippen LogP contribution in [-0.4, -0.2) is 67.2 Å². The molecule has 0 aromatic carbocycles. The summed E-state index contributed by atoms with van der Waals surface area (Å²) < 4.78 is 28.2. The largest absolute Gasteiger partial charge is 0.298 e. The molecule has 2 aliphatic rings. The molecule has 0 aromatic heterocycles. The lowest BCUT2D eigenvalue weighted by Crippen LogP contribution is -2.54. The van der Waals surface area contributed by atoms with E-state index < -0.39 is 10.2 Å². The van der Waals surface area contributed by atoms with Crippen LogP contribution < -0.4 is 0 Å². The number of nitrogens with zero attached hydrogens (tertiary/aromatic N) is 3. The van der Waals surface area contributed by atoms with Crippen molar-refractivity contribution in [3.8, 4) is 0 Å². The summed E-state index contributed by atoms with van der Waals surface area (Å²) in [7, 11) is -3.19. The second-order valence-corrected chi connectivity index (χ2v) is 7.42. The number of piperazine rings is 1. The fourth-order valence-corrected chi connectivity index (χ4v) is 4.38. The van der Waals surface area contributed by atoms with Gasteiger partial charge in [0.15, 0.2) is 0 Å². The zero-order chi connectivity index (χ0) is 13.2. The monoisotopic (exact) mass is 275 g/mol. The van der Waals surface area contributed by atoms with Crippen LogP contribution in [0.25, 0.3) is 0 Å². The summed E-state index contributed by atoms with van der Waals surface area (Å²) in [5, 5.41) is 0. The summed E-state index contributed by atoms with van der Waals surface area (Å²) in [4.78, 5) is 2.34. The number of rotatable bonds is 3. The molecule has 0 aromatic rings. The summed E-state index contributed by atoms with van der Waals surface area (Å²) in [5.41, 5.74) is 0. The van der Waals surface area contributed by atoms with Gasteiger partial charge in [0.1, 0.15) is 0 Å². The minimum atomic E-state index is -3.19. The van der Waals surface area contributed by atoms with Crippen LogP contribution in [0.4, 0.5) is 0 Å². The highest BCUT2D eigenvalue weighted by atomic mass is 32.2. The molecule has 2 aliphatic heterocycles. The van der Waals surface area contributed by atoms with Crippen LogP contribution in [0, 0.1) is 0 Å². The maximum Gasteiger partial charge on any atom is 0.282 e. The zero-order valence-corrected chi connectivity index (χ0v) is 12.3. The van der Waals surface area contributed by atoms with E-state index in [2.05, 4.69) is 18.7 Å². The Morgan fingerprint density at radius 3 is 1.78 bits per heavy atom. The molecule has 2 rings (SSSR count). The maximum atomic E-state index is 12.5. The maximum absolute atomic E-state index is 12.5. The van der Waals surface area contributed by atoms with E-state index in [9.17, 15) is 8.42 Å². The summed E-state index contributed by atoms with van der Waals surface area (Å²) in [6.45, 7) is 8.70. The Kier molecular flexibility index (Phi) is 4.64. The third-order valence-corrected chi connectivity index (χ3v) is 6.01. The van der Waals surface area contributed by atoms with Crippen molar-refractivity contribution in [1.82, 2.24) is 13.5 Å². The lowest BCUT2D eigenvalue weighted by Gasteiger charge is -2.39. The number of hydrogen-bond donors (Lipinski definition) is 0. The molecule has 0 amide bonds. The van der Waals surface area contributed by atoms with Crippen molar-refractivity contribution in [2.45, 2.75) is 39.2 Å². The fraction of sp³-hybridized carbons (Fsp3) is 1.00. The Labute approximate surface area is 111 Å². The highest BCUT2D eigenvalue weighted by molar-refractivity contribution is 7.86. The van der Waals surface area contributed by atoms with E-state index >= 15 is 0 Å². The first kappa shape index (κ1) is 14.2. The topological polar surface area (TPSA) is 43.9 Å². The normalized spacial score (nSPS) is 25.7. The lowest BCUT2D eigenvalue weighted by molar-refractivity contribution is 0.148. The molecule has 2 fully saturated rings. The van der Waals surface area contributed by atoms with Crippen molar-refractivity contribution in [2.75, 3.05) is 39.3 Å². The van der Waals surface area contributed by atoms with Crippen LogP contribution in [-0.2, 0) is 10.2 Å². The Balaban J connectivity index is 1.95. The molecule has 0 spiro atoms. The van der Waals surface area contributed by atoms with Crippen molar-refractivity contribution in [2.24, 2.45) is 0 Å². The van der Waals surface area contributed by atoms with E-state index in [1.807, 2.05) is 0 Å². The molecule has 0 radical (unpaired) electrons. The fourth-order valence-electron chi connectivity index (χ4n) is 2.71. The van der Waals surface area contributed by atoms with Gasteiger partial charge in [-0.2, -0.15) is 17.0 Å². The van der Waals surface area contributed by atoms with Crippen LogP contribution in [0.5, 0.6) is 0 Å². The first-order chi connectivity index (χ1) is 8.51. The number of hydrogen-bond acceptors (Lipinski definition) is 3. The Bertz CT molecular complexity index is 356. The van der Waals surface area contributed by atoms with Crippen LogP contribution in [0.15, 0.2) is 0 Å². The van der Waals surface area contributed by atoms with Gasteiger partial charge in [0.2, 0.25) is 0 Å². The van der Waals surface area contributed by atoms with Crippen LogP contribution >= 0.6 is 0 Å². The molecular weight excluding hydrogens is 250 g/mol. The van der Waals surface area contributed by atoms with E-state index in [1.165, 1.54) is 0 Å². The summed E-state index contributed by atoms with van der Waals surface area (Å²) >= 11 is 0. The smallest absolute Gasteiger partial charge is 0.282 e. The minimum Gasteiger partial charge on any atom is -0.298 e. The average molecular weight is 275 g/mol. The molecule has 0 unspecified atom stereocenters. The molecule has 0 bridgehead atoms. The third kappa shape index (κ3) is 3.04. The van der Waals surface area contributed by atoms with Crippen LogP contribution in [0.1, 0.15) is 33.1 Å². The molecule has 18 heavy (non-hydrogen) atoms. The SMILES string of the molecule is CC(C)N1CCN(S(=O)(=O)N2CCCCC2)CC1. The van der Waals surface area contributed by atoms with Crippen molar-refractivity contribution in [3.63, 3.8) is 0 Å². The lowest BCUT2D eigenvalue weighted by atomic mass is 10.2. The molecule has 0 N–H and O–H groups in total. The van der Waals surface area contributed by atoms with Gasteiger partial charge in [-0.05, 0) is 26.7 Å². The Morgan fingerprint density at radius 1 is 0.778 bits per heavy atom. The van der Waals surface area contributed by atoms with Gasteiger partial charge in [-0.3, -0.25) is 4.90 Å². The van der Waals surface area contributed by atoms with Crippen molar-refractivity contribution >= 4 is 10.2 Å². The molecule has 2 heterocycles. The quantitative estimate of drug-likeness (QED) is 0.763. The van der Waals surface area contributed by atoms with Gasteiger partial charge in [0.25, 0.3) is 10.2 Å². The van der Waals surface area contributed by atoms with E-state index in [1.54, 1.807) is 8.61 Å². The number of piperidine rings is 1. The predicted molar refractivity (Wildman–Crippen MR) is 72.6 cm³/mol. The van der Waals surface area contributed by atoms with Crippen molar-refractivity contribution < 1.29 is 8.42 Å². The van der Waals surface area contributed by atoms with E-state index in [0.29, 0.717) is 32.2 Å². The van der Waals surface area contributed by atoms with E-state index in [-0.39, 0.29) is 0 Å². The van der Waals surface area contributed by atoms with Gasteiger partial charge in [-0.1, -0.05) is 6.42 Å². The molecule has 0 atom stereocenters. The second kappa shape index (κ2) is 5.86. The molecular formula is C12H25N3O2S. The summed E-state index contributed by atoms with van der Waals surface area (Å²) in [5.74, 6) is 0. The van der Waals surface area contributed by atoms with Crippen LogP contribution in [0.3, 0.4) is 0 Å². The van der Waals surface area contributed by atoms with Gasteiger partial charge >= 0.3 is 0 Å². The predicted octanol–water partition coefficient (Wildman–Crippen LogP) is 0.743. The van der Waals surface area contributed by atoms with Gasteiger partial charge in [-0.25, -0.2) is 0 Å². The Morgan fingerprint density at radius 2 is 1.28 bits per heavy atom. The Hall–Kier alpha value is -0.170. The standard InChI is InChI=1S/C12H25N3O2S/c1-12(2)13-8-10-15(11-9-13)18(16,17)14-6-4-3-5-7-14/h12H,3-11H2,1-2H3. The highest BCUT2D eigenvalue weighted by Gasteiger charge is 2.33. The molecule has 0 aliphatic carbocycles.